The zero-order valence-electron chi connectivity index (χ0n) is 10.2. The molecule has 0 aromatic carbocycles. The largest absolute Gasteiger partial charge is 0.295 e. The van der Waals surface area contributed by atoms with Crippen LogP contribution in [0, 0.1) is 5.92 Å². The molecular formula is C14H24O. The highest BCUT2D eigenvalue weighted by atomic mass is 16.1. The van der Waals surface area contributed by atoms with E-state index < -0.39 is 0 Å². The zero-order chi connectivity index (χ0) is 11.1. The molecule has 1 saturated carbocycles. The van der Waals surface area contributed by atoms with Crippen LogP contribution < -0.4 is 0 Å². The molecule has 0 saturated heterocycles. The van der Waals surface area contributed by atoms with E-state index in [1.165, 1.54) is 24.8 Å². The molecule has 1 heteroatoms. The lowest BCUT2D eigenvalue weighted by molar-refractivity contribution is -0.115. The van der Waals surface area contributed by atoms with Crippen molar-refractivity contribution in [3.8, 4) is 0 Å². The molecule has 0 aliphatic heterocycles. The van der Waals surface area contributed by atoms with Crippen LogP contribution in [0.25, 0.3) is 0 Å². The molecule has 1 aliphatic rings. The summed E-state index contributed by atoms with van der Waals surface area (Å²) in [5, 5.41) is 0. The highest BCUT2D eigenvalue weighted by molar-refractivity contribution is 5.90. The number of hydrogen-bond acceptors (Lipinski definition) is 1. The van der Waals surface area contributed by atoms with Crippen molar-refractivity contribution in [2.24, 2.45) is 5.92 Å². The minimum absolute atomic E-state index is 0.362. The van der Waals surface area contributed by atoms with E-state index in [1.807, 2.05) is 6.08 Å². The summed E-state index contributed by atoms with van der Waals surface area (Å²) in [5.74, 6) is 0.957. The second-order valence-corrected chi connectivity index (χ2v) is 4.72. The first-order valence-corrected chi connectivity index (χ1v) is 6.48. The minimum Gasteiger partial charge on any atom is -0.295 e. The maximum atomic E-state index is 11.8. The molecule has 1 nitrogen and oxygen atoms in total. The minimum atomic E-state index is 0.362. The fraction of sp³-hybridized carbons (Fsp3) is 0.786. The third-order valence-electron chi connectivity index (χ3n) is 3.51. The smallest absolute Gasteiger partial charge is 0.155 e. The summed E-state index contributed by atoms with van der Waals surface area (Å²) in [4.78, 5) is 11.8. The van der Waals surface area contributed by atoms with E-state index in [1.54, 1.807) is 0 Å². The lowest BCUT2D eigenvalue weighted by Crippen LogP contribution is -2.06. The van der Waals surface area contributed by atoms with Crippen LogP contribution in [-0.4, -0.2) is 5.78 Å². The van der Waals surface area contributed by atoms with Crippen molar-refractivity contribution in [2.75, 3.05) is 0 Å². The highest BCUT2D eigenvalue weighted by Gasteiger charge is 2.11. The number of hydrogen-bond donors (Lipinski definition) is 0. The Morgan fingerprint density at radius 2 is 1.80 bits per heavy atom. The van der Waals surface area contributed by atoms with Crippen LogP contribution in [0.3, 0.4) is 0 Å². The van der Waals surface area contributed by atoms with Gasteiger partial charge in [-0.1, -0.05) is 38.7 Å². The predicted molar refractivity (Wildman–Crippen MR) is 64.9 cm³/mol. The Morgan fingerprint density at radius 3 is 2.33 bits per heavy atom. The first kappa shape index (κ1) is 12.5. The predicted octanol–water partition coefficient (Wildman–Crippen LogP) is 4.27. The first-order valence-electron chi connectivity index (χ1n) is 6.48. The number of rotatable bonds is 5. The van der Waals surface area contributed by atoms with E-state index in [9.17, 15) is 4.79 Å². The van der Waals surface area contributed by atoms with Crippen LogP contribution in [0.4, 0.5) is 0 Å². The zero-order valence-corrected chi connectivity index (χ0v) is 10.2. The van der Waals surface area contributed by atoms with Crippen molar-refractivity contribution in [3.05, 3.63) is 11.6 Å². The van der Waals surface area contributed by atoms with Gasteiger partial charge in [-0.25, -0.2) is 0 Å². The van der Waals surface area contributed by atoms with Gasteiger partial charge in [0.15, 0.2) is 5.78 Å². The monoisotopic (exact) mass is 208 g/mol. The summed E-state index contributed by atoms with van der Waals surface area (Å²) >= 11 is 0. The van der Waals surface area contributed by atoms with Gasteiger partial charge in [-0.3, -0.25) is 4.79 Å². The van der Waals surface area contributed by atoms with Crippen LogP contribution in [0.2, 0.25) is 0 Å². The van der Waals surface area contributed by atoms with Gasteiger partial charge in [0.2, 0.25) is 0 Å². The Labute approximate surface area is 93.9 Å². The summed E-state index contributed by atoms with van der Waals surface area (Å²) in [7, 11) is 0. The quantitative estimate of drug-likeness (QED) is 0.616. The second kappa shape index (κ2) is 6.81. The lowest BCUT2D eigenvalue weighted by atomic mass is 9.91. The summed E-state index contributed by atoms with van der Waals surface area (Å²) in [6.07, 6.45) is 11.2. The first-order chi connectivity index (χ1) is 7.26. The SMILES string of the molecule is CCC(CC)CC(=O)C=C1CCCCC1. The van der Waals surface area contributed by atoms with Crippen LogP contribution >= 0.6 is 0 Å². The van der Waals surface area contributed by atoms with Crippen LogP contribution in [0.15, 0.2) is 11.6 Å². The molecule has 0 radical (unpaired) electrons. The van der Waals surface area contributed by atoms with Crippen molar-refractivity contribution >= 4 is 5.78 Å². The molecule has 0 spiro atoms. The van der Waals surface area contributed by atoms with Crippen LogP contribution in [0.5, 0.6) is 0 Å². The molecule has 1 fully saturated rings. The molecule has 1 rings (SSSR count). The maximum absolute atomic E-state index is 11.8. The van der Waals surface area contributed by atoms with Gasteiger partial charge >= 0.3 is 0 Å². The molecule has 0 aromatic rings. The topological polar surface area (TPSA) is 17.1 Å². The molecular weight excluding hydrogens is 184 g/mol. The van der Waals surface area contributed by atoms with Gasteiger partial charge in [-0.15, -0.1) is 0 Å². The third-order valence-corrected chi connectivity index (χ3v) is 3.51. The highest BCUT2D eigenvalue weighted by Crippen LogP contribution is 2.23. The van der Waals surface area contributed by atoms with Gasteiger partial charge in [-0.05, 0) is 37.7 Å². The number of allylic oxidation sites excluding steroid dienone is 2. The number of ketones is 1. The summed E-state index contributed by atoms with van der Waals surface area (Å²) in [6.45, 7) is 4.35. The Kier molecular flexibility index (Phi) is 5.67. The van der Waals surface area contributed by atoms with E-state index in [0.717, 1.165) is 32.1 Å². The van der Waals surface area contributed by atoms with Gasteiger partial charge in [0.25, 0.3) is 0 Å². The van der Waals surface area contributed by atoms with Crippen LogP contribution in [0.1, 0.15) is 65.2 Å². The van der Waals surface area contributed by atoms with Gasteiger partial charge in [-0.2, -0.15) is 0 Å². The Hall–Kier alpha value is -0.590. The summed E-state index contributed by atoms with van der Waals surface area (Å²) in [6, 6.07) is 0. The van der Waals surface area contributed by atoms with Gasteiger partial charge in [0, 0.05) is 6.42 Å². The van der Waals surface area contributed by atoms with E-state index >= 15 is 0 Å². The maximum Gasteiger partial charge on any atom is 0.155 e. The molecule has 0 amide bonds. The molecule has 15 heavy (non-hydrogen) atoms. The summed E-state index contributed by atoms with van der Waals surface area (Å²) in [5.41, 5.74) is 1.40. The van der Waals surface area contributed by atoms with Gasteiger partial charge < -0.3 is 0 Å². The number of carbonyl (C=O) groups excluding carboxylic acids is 1. The fourth-order valence-electron chi connectivity index (χ4n) is 2.30. The average Bonchev–Trinajstić information content (AvgIpc) is 2.27. The molecule has 1 aliphatic carbocycles. The fourth-order valence-corrected chi connectivity index (χ4v) is 2.30. The van der Waals surface area contributed by atoms with Crippen molar-refractivity contribution in [2.45, 2.75) is 65.2 Å². The molecule has 0 N–H and O–H groups in total. The number of carbonyl (C=O) groups is 1. The third kappa shape index (κ3) is 4.63. The molecule has 0 bridgehead atoms. The van der Waals surface area contributed by atoms with Crippen molar-refractivity contribution in [3.63, 3.8) is 0 Å². The standard InChI is InChI=1S/C14H24O/c1-3-12(4-2)10-14(15)11-13-8-6-5-7-9-13/h11-12H,3-10H2,1-2H3. The molecule has 0 heterocycles. The van der Waals surface area contributed by atoms with Crippen molar-refractivity contribution < 1.29 is 4.79 Å². The van der Waals surface area contributed by atoms with Crippen LogP contribution in [-0.2, 0) is 4.79 Å². The Bertz CT molecular complexity index is 215. The van der Waals surface area contributed by atoms with E-state index in [4.69, 9.17) is 0 Å². The molecule has 86 valence electrons. The van der Waals surface area contributed by atoms with E-state index in [0.29, 0.717) is 11.7 Å². The van der Waals surface area contributed by atoms with Gasteiger partial charge in [0.1, 0.15) is 0 Å². The lowest BCUT2D eigenvalue weighted by Gasteiger charge is -2.14. The molecule has 0 unspecified atom stereocenters. The second-order valence-electron chi connectivity index (χ2n) is 4.72. The van der Waals surface area contributed by atoms with E-state index in [-0.39, 0.29) is 0 Å². The summed E-state index contributed by atoms with van der Waals surface area (Å²) < 4.78 is 0. The van der Waals surface area contributed by atoms with Crippen molar-refractivity contribution in [1.82, 2.24) is 0 Å². The Morgan fingerprint density at radius 1 is 1.20 bits per heavy atom. The molecule has 0 atom stereocenters. The Balaban J connectivity index is 2.39. The van der Waals surface area contributed by atoms with E-state index in [2.05, 4.69) is 13.8 Å². The van der Waals surface area contributed by atoms with Gasteiger partial charge in [0.05, 0.1) is 0 Å². The normalized spacial score (nSPS) is 16.9. The average molecular weight is 208 g/mol. The van der Waals surface area contributed by atoms with Crippen molar-refractivity contribution in [1.29, 1.82) is 0 Å². The molecule has 0 aromatic heterocycles.